The Morgan fingerprint density at radius 2 is 2.00 bits per heavy atom. The molecule has 0 saturated carbocycles. The number of nitrogens with zero attached hydrogens (tertiary/aromatic N) is 5. The van der Waals surface area contributed by atoms with Crippen molar-refractivity contribution in [3.63, 3.8) is 0 Å². The van der Waals surface area contributed by atoms with Gasteiger partial charge in [-0.15, -0.1) is 0 Å². The largest absolute Gasteiger partial charge is 0.361 e. The van der Waals surface area contributed by atoms with Crippen LogP contribution < -0.4 is 15.8 Å². The standard InChI is InChI=1S/C27H30N6O3/c1-18-22(19(2)36-31-18)12-14-29-26(34)21-10-7-15-32(17-21)25-27(35)33(16-20-8-4-3-5-9-20)24-23(30-25)11-6-13-28-24/h3-6,8-9,11,13,21H,7,10,12,14-17H2,1-2H3,(H,29,34). The van der Waals surface area contributed by atoms with Crippen LogP contribution in [0.4, 0.5) is 5.82 Å². The average Bonchev–Trinajstić information content (AvgIpc) is 3.23. The van der Waals surface area contributed by atoms with Crippen LogP contribution in [0.15, 0.2) is 58.0 Å². The number of nitrogens with one attached hydrogen (secondary N) is 1. The average molecular weight is 487 g/mol. The molecule has 4 aromatic rings. The number of pyridine rings is 1. The molecule has 1 atom stereocenters. The summed E-state index contributed by atoms with van der Waals surface area (Å²) in [4.78, 5) is 37.7. The molecule has 4 heterocycles. The first kappa shape index (κ1) is 23.7. The van der Waals surface area contributed by atoms with Crippen molar-refractivity contribution in [1.82, 2.24) is 25.0 Å². The lowest BCUT2D eigenvalue weighted by Gasteiger charge is -2.32. The highest BCUT2D eigenvalue weighted by molar-refractivity contribution is 5.79. The number of carbonyl (C=O) groups excluding carboxylic acids is 1. The maximum Gasteiger partial charge on any atom is 0.295 e. The highest BCUT2D eigenvalue weighted by Gasteiger charge is 2.29. The van der Waals surface area contributed by atoms with Gasteiger partial charge in [0.15, 0.2) is 11.5 Å². The molecular formula is C27H30N6O3. The van der Waals surface area contributed by atoms with Crippen LogP contribution in [0.2, 0.25) is 0 Å². The molecule has 36 heavy (non-hydrogen) atoms. The van der Waals surface area contributed by atoms with Gasteiger partial charge in [0.2, 0.25) is 5.91 Å². The van der Waals surface area contributed by atoms with E-state index in [1.54, 1.807) is 10.8 Å². The molecule has 1 unspecified atom stereocenters. The molecular weight excluding hydrogens is 456 g/mol. The molecule has 1 saturated heterocycles. The van der Waals surface area contributed by atoms with E-state index in [1.807, 2.05) is 61.2 Å². The molecule has 1 aliphatic heterocycles. The number of carbonyl (C=O) groups is 1. The number of hydrogen-bond donors (Lipinski definition) is 1. The second-order valence-electron chi connectivity index (χ2n) is 9.29. The fourth-order valence-electron chi connectivity index (χ4n) is 4.88. The second-order valence-corrected chi connectivity index (χ2v) is 9.29. The molecule has 1 aliphatic rings. The van der Waals surface area contributed by atoms with Crippen LogP contribution in [0.25, 0.3) is 11.2 Å². The third-order valence-electron chi connectivity index (χ3n) is 6.82. The van der Waals surface area contributed by atoms with Crippen molar-refractivity contribution in [3.8, 4) is 0 Å². The number of amides is 1. The summed E-state index contributed by atoms with van der Waals surface area (Å²) in [6, 6.07) is 13.5. The van der Waals surface area contributed by atoms with Gasteiger partial charge in [0.25, 0.3) is 5.56 Å². The van der Waals surface area contributed by atoms with Crippen molar-refractivity contribution in [1.29, 1.82) is 0 Å². The summed E-state index contributed by atoms with van der Waals surface area (Å²) in [6.45, 7) is 5.85. The minimum absolute atomic E-state index is 0.00136. The van der Waals surface area contributed by atoms with E-state index in [1.165, 1.54) is 0 Å². The van der Waals surface area contributed by atoms with Gasteiger partial charge >= 0.3 is 0 Å². The molecule has 1 N–H and O–H groups in total. The molecule has 9 nitrogen and oxygen atoms in total. The van der Waals surface area contributed by atoms with Crippen molar-refractivity contribution in [2.75, 3.05) is 24.5 Å². The molecule has 0 spiro atoms. The zero-order valence-corrected chi connectivity index (χ0v) is 20.6. The number of hydrogen-bond acceptors (Lipinski definition) is 7. The number of piperidine rings is 1. The number of aromatic nitrogens is 4. The Kier molecular flexibility index (Phi) is 6.79. The Bertz CT molecular complexity index is 1410. The van der Waals surface area contributed by atoms with Gasteiger partial charge in [-0.2, -0.15) is 0 Å². The molecule has 0 radical (unpaired) electrons. The maximum atomic E-state index is 13.6. The predicted octanol–water partition coefficient (Wildman–Crippen LogP) is 3.02. The number of benzene rings is 1. The number of anilines is 1. The monoisotopic (exact) mass is 486 g/mol. The van der Waals surface area contributed by atoms with E-state index in [9.17, 15) is 9.59 Å². The van der Waals surface area contributed by atoms with Gasteiger partial charge in [0.05, 0.1) is 18.2 Å². The van der Waals surface area contributed by atoms with Crippen LogP contribution in [0.1, 0.15) is 35.4 Å². The van der Waals surface area contributed by atoms with Gasteiger partial charge in [-0.3, -0.25) is 14.2 Å². The highest BCUT2D eigenvalue weighted by Crippen LogP contribution is 2.22. The molecule has 1 fully saturated rings. The second kappa shape index (κ2) is 10.3. The molecule has 1 aromatic carbocycles. The first-order chi connectivity index (χ1) is 17.5. The lowest BCUT2D eigenvalue weighted by molar-refractivity contribution is -0.125. The maximum absolute atomic E-state index is 13.6. The number of aryl methyl sites for hydroxylation is 2. The van der Waals surface area contributed by atoms with E-state index < -0.39 is 0 Å². The predicted molar refractivity (Wildman–Crippen MR) is 137 cm³/mol. The Labute approximate surface area is 209 Å². The zero-order valence-electron chi connectivity index (χ0n) is 20.6. The van der Waals surface area contributed by atoms with Gasteiger partial charge < -0.3 is 14.7 Å². The third kappa shape index (κ3) is 4.86. The minimum atomic E-state index is -0.211. The molecule has 0 bridgehead atoms. The van der Waals surface area contributed by atoms with Gasteiger partial charge in [0, 0.05) is 31.4 Å². The Balaban J connectivity index is 1.34. The zero-order chi connectivity index (χ0) is 25.1. The van der Waals surface area contributed by atoms with Crippen LogP contribution in [-0.2, 0) is 17.8 Å². The molecule has 5 rings (SSSR count). The van der Waals surface area contributed by atoms with E-state index in [0.29, 0.717) is 49.6 Å². The summed E-state index contributed by atoms with van der Waals surface area (Å²) >= 11 is 0. The smallest absolute Gasteiger partial charge is 0.295 e. The quantitative estimate of drug-likeness (QED) is 0.428. The minimum Gasteiger partial charge on any atom is -0.361 e. The molecule has 9 heteroatoms. The summed E-state index contributed by atoms with van der Waals surface area (Å²) in [6.07, 6.45) is 3.94. The molecule has 186 valence electrons. The number of fused-ring (bicyclic) bond motifs is 1. The lowest BCUT2D eigenvalue weighted by atomic mass is 9.97. The van der Waals surface area contributed by atoms with E-state index in [2.05, 4.69) is 15.5 Å². The van der Waals surface area contributed by atoms with Crippen LogP contribution in [0.5, 0.6) is 0 Å². The van der Waals surface area contributed by atoms with Crippen molar-refractivity contribution in [2.45, 2.75) is 39.7 Å². The molecule has 1 amide bonds. The lowest BCUT2D eigenvalue weighted by Crippen LogP contribution is -2.46. The first-order valence-electron chi connectivity index (χ1n) is 12.3. The van der Waals surface area contributed by atoms with E-state index in [-0.39, 0.29) is 17.4 Å². The molecule has 3 aromatic heterocycles. The van der Waals surface area contributed by atoms with Gasteiger partial charge in [-0.25, -0.2) is 9.97 Å². The van der Waals surface area contributed by atoms with Crippen molar-refractivity contribution in [2.24, 2.45) is 5.92 Å². The van der Waals surface area contributed by atoms with Crippen molar-refractivity contribution < 1.29 is 9.32 Å². The van der Waals surface area contributed by atoms with Crippen molar-refractivity contribution in [3.05, 3.63) is 81.6 Å². The summed E-state index contributed by atoms with van der Waals surface area (Å²) in [5, 5.41) is 7.03. The first-order valence-corrected chi connectivity index (χ1v) is 12.3. The van der Waals surface area contributed by atoms with Gasteiger partial charge in [0.1, 0.15) is 11.3 Å². The van der Waals surface area contributed by atoms with Crippen LogP contribution in [0, 0.1) is 19.8 Å². The van der Waals surface area contributed by atoms with E-state index in [0.717, 1.165) is 35.4 Å². The SMILES string of the molecule is Cc1noc(C)c1CCNC(=O)C1CCCN(c2nc3cccnc3n(Cc3ccccc3)c2=O)C1. The summed E-state index contributed by atoms with van der Waals surface area (Å²) in [5.74, 6) is 0.948. The topological polar surface area (TPSA) is 106 Å². The summed E-state index contributed by atoms with van der Waals surface area (Å²) in [7, 11) is 0. The Hall–Kier alpha value is -4.01. The highest BCUT2D eigenvalue weighted by atomic mass is 16.5. The molecule has 0 aliphatic carbocycles. The van der Waals surface area contributed by atoms with E-state index >= 15 is 0 Å². The van der Waals surface area contributed by atoms with Crippen LogP contribution in [0.3, 0.4) is 0 Å². The summed E-state index contributed by atoms with van der Waals surface area (Å²) in [5.41, 5.74) is 3.93. The van der Waals surface area contributed by atoms with Gasteiger partial charge in [-0.1, -0.05) is 35.5 Å². The fourth-order valence-corrected chi connectivity index (χ4v) is 4.88. The fraction of sp³-hybridized carbons (Fsp3) is 0.370. The van der Waals surface area contributed by atoms with Crippen molar-refractivity contribution >= 4 is 22.9 Å². The normalized spacial score (nSPS) is 15.8. The van der Waals surface area contributed by atoms with E-state index in [4.69, 9.17) is 9.51 Å². The third-order valence-corrected chi connectivity index (χ3v) is 6.82. The van der Waals surface area contributed by atoms with Gasteiger partial charge in [-0.05, 0) is 50.8 Å². The van der Waals surface area contributed by atoms with Crippen LogP contribution in [-0.4, -0.2) is 45.2 Å². The summed E-state index contributed by atoms with van der Waals surface area (Å²) < 4.78 is 6.89. The Morgan fingerprint density at radius 3 is 2.78 bits per heavy atom. The van der Waals surface area contributed by atoms with Crippen LogP contribution >= 0.6 is 0 Å². The Morgan fingerprint density at radius 1 is 1.17 bits per heavy atom. The number of rotatable bonds is 7.